The van der Waals surface area contributed by atoms with Gasteiger partial charge >= 0.3 is 18.0 Å². The zero-order valence-corrected chi connectivity index (χ0v) is 37.4. The number of methoxy groups -OCH3 is 2. The van der Waals surface area contributed by atoms with Crippen LogP contribution in [0.3, 0.4) is 0 Å². The Balaban J connectivity index is 1.29. The minimum Gasteiger partial charge on any atom is -0.507 e. The molecule has 3 aromatic rings. The Hall–Kier alpha value is -5.57. The molecule has 2 fully saturated rings. The molecule has 1 amide bonds. The van der Waals surface area contributed by atoms with Gasteiger partial charge < -0.3 is 43.4 Å². The minimum atomic E-state index is -1.48. The van der Waals surface area contributed by atoms with Crippen molar-refractivity contribution in [1.82, 2.24) is 15.1 Å². The number of aromatic hydroxyl groups is 2. The predicted molar refractivity (Wildman–Crippen MR) is 228 cm³/mol. The van der Waals surface area contributed by atoms with E-state index in [9.17, 15) is 25.1 Å². The second kappa shape index (κ2) is 15.6. The molecule has 0 saturated carbocycles. The highest BCUT2D eigenvalue weighted by Gasteiger charge is 2.64. The normalized spacial score (nSPS) is 26.7. The van der Waals surface area contributed by atoms with Crippen molar-refractivity contribution in [3.8, 4) is 46.3 Å². The van der Waals surface area contributed by atoms with Crippen LogP contribution in [-0.4, -0.2) is 102 Å². The van der Waals surface area contributed by atoms with E-state index in [2.05, 4.69) is 11.4 Å². The molecule has 17 heteroatoms. The van der Waals surface area contributed by atoms with Gasteiger partial charge in [-0.1, -0.05) is 13.0 Å². The van der Waals surface area contributed by atoms with Crippen molar-refractivity contribution in [1.29, 1.82) is 5.26 Å². The molecule has 0 radical (unpaired) electrons. The van der Waals surface area contributed by atoms with Crippen LogP contribution in [-0.2, 0) is 37.4 Å². The number of rotatable bonds is 5. The van der Waals surface area contributed by atoms with E-state index in [0.717, 1.165) is 11.1 Å². The maximum atomic E-state index is 15.0. The van der Waals surface area contributed by atoms with Crippen molar-refractivity contribution in [2.24, 2.45) is 0 Å². The number of phenols is 2. The summed E-state index contributed by atoms with van der Waals surface area (Å²) in [6.45, 7) is 10.7. The van der Waals surface area contributed by atoms with Crippen molar-refractivity contribution < 1.29 is 57.8 Å². The van der Waals surface area contributed by atoms with E-state index in [0.29, 0.717) is 64.3 Å². The molecule has 334 valence electrons. The highest BCUT2D eigenvalue weighted by molar-refractivity contribution is 7.99. The van der Waals surface area contributed by atoms with Gasteiger partial charge in [0.05, 0.1) is 49.7 Å². The number of nitrogens with zero attached hydrogens (tertiary/aromatic N) is 3. The Morgan fingerprint density at radius 2 is 1.78 bits per heavy atom. The van der Waals surface area contributed by atoms with Crippen LogP contribution in [0.15, 0.2) is 18.2 Å². The Morgan fingerprint density at radius 1 is 1.02 bits per heavy atom. The molecule has 1 spiro atoms. The van der Waals surface area contributed by atoms with Crippen molar-refractivity contribution in [2.45, 2.75) is 114 Å². The van der Waals surface area contributed by atoms with E-state index in [1.54, 1.807) is 44.7 Å². The monoisotopic (exact) mass is 884 g/mol. The molecule has 3 aromatic carbocycles. The zero-order valence-electron chi connectivity index (χ0n) is 36.6. The van der Waals surface area contributed by atoms with Crippen LogP contribution in [0.5, 0.6) is 40.2 Å². The smallest absolute Gasteiger partial charge is 0.411 e. The first-order valence-corrected chi connectivity index (χ1v) is 22.3. The van der Waals surface area contributed by atoms with E-state index in [1.165, 1.54) is 26.0 Å². The number of hydrogen-bond donors (Lipinski definition) is 3. The number of esters is 2. The number of benzene rings is 3. The van der Waals surface area contributed by atoms with E-state index < -0.39 is 64.6 Å². The number of hydrogen-bond acceptors (Lipinski definition) is 16. The van der Waals surface area contributed by atoms with Gasteiger partial charge in [-0.15, -0.1) is 11.8 Å². The number of phenolic OH excluding ortho intramolecular Hbond substituents is 2. The van der Waals surface area contributed by atoms with Gasteiger partial charge in [0.25, 0.3) is 0 Å². The van der Waals surface area contributed by atoms with E-state index in [1.807, 2.05) is 24.8 Å². The van der Waals surface area contributed by atoms with Gasteiger partial charge in [0.1, 0.15) is 24.0 Å². The summed E-state index contributed by atoms with van der Waals surface area (Å²) in [5.41, 5.74) is 2.26. The molecule has 3 N–H and O–H groups in total. The standard InChI is InChI=1S/C46H52N4O12S/c1-9-10-31(51)61-30-15-23-11-12-48-46(25(23)16-29(30)56-7)19-63-42-34-33(41-40(59-20-60-41)22(3)37(34)52)28(18-58-43(46)54)49-27(17-47)26-14-24-13-21(2)39(57-8)38(53)32(24)35(36(42)49)50(26)44(55)62-45(4,5)6/h13,15-16,26-28,35-36,42,48,52-53H,9-12,14,18-20H2,1-8H3/t26-,27-,28-,35-,36?,42+,46+/m0/s1. The molecule has 63 heavy (non-hydrogen) atoms. The second-order valence-corrected chi connectivity index (χ2v) is 19.1. The summed E-state index contributed by atoms with van der Waals surface area (Å²) in [7, 11) is 2.94. The maximum absolute atomic E-state index is 15.0. The molecular weight excluding hydrogens is 833 g/mol. The summed E-state index contributed by atoms with van der Waals surface area (Å²) < 4.78 is 42.0. The Kier molecular flexibility index (Phi) is 10.6. The minimum absolute atomic E-state index is 0.0267. The molecule has 0 aliphatic carbocycles. The van der Waals surface area contributed by atoms with Crippen LogP contribution >= 0.6 is 11.8 Å². The van der Waals surface area contributed by atoms with Crippen LogP contribution in [0.1, 0.15) is 102 Å². The van der Waals surface area contributed by atoms with Crippen LogP contribution in [0.2, 0.25) is 0 Å². The number of amides is 1. The number of thioether (sulfide) groups is 1. The summed E-state index contributed by atoms with van der Waals surface area (Å²) in [5.74, 6) is 0.335. The maximum Gasteiger partial charge on any atom is 0.411 e. The van der Waals surface area contributed by atoms with Crippen molar-refractivity contribution in [3.05, 3.63) is 62.7 Å². The highest BCUT2D eigenvalue weighted by atomic mass is 32.2. The summed E-state index contributed by atoms with van der Waals surface area (Å²) in [6, 6.07) is 3.43. The molecule has 2 saturated heterocycles. The quantitative estimate of drug-likeness (QED) is 0.197. The van der Waals surface area contributed by atoms with Gasteiger partial charge in [0, 0.05) is 41.0 Å². The number of aryl methyl sites for hydroxylation is 1. The molecular formula is C46H52N4O12S. The molecule has 0 aromatic heterocycles. The molecule has 4 bridgehead atoms. The van der Waals surface area contributed by atoms with Gasteiger partial charge in [-0.3, -0.25) is 19.9 Å². The van der Waals surface area contributed by atoms with Gasteiger partial charge in [0.2, 0.25) is 6.79 Å². The highest BCUT2D eigenvalue weighted by Crippen LogP contribution is 2.65. The van der Waals surface area contributed by atoms with Crippen molar-refractivity contribution in [3.63, 3.8) is 0 Å². The molecule has 16 nitrogen and oxygen atoms in total. The van der Waals surface area contributed by atoms with Crippen LogP contribution < -0.4 is 29.0 Å². The molecule has 1 unspecified atom stereocenters. The molecule has 7 aliphatic rings. The Morgan fingerprint density at radius 3 is 2.48 bits per heavy atom. The zero-order chi connectivity index (χ0) is 44.9. The summed E-state index contributed by atoms with van der Waals surface area (Å²) >= 11 is 1.35. The third-order valence-electron chi connectivity index (χ3n) is 13.2. The van der Waals surface area contributed by atoms with Crippen LogP contribution in [0.25, 0.3) is 0 Å². The topological polar surface area (TPSA) is 199 Å². The third-order valence-corrected chi connectivity index (χ3v) is 14.6. The lowest BCUT2D eigenvalue weighted by atomic mass is 9.71. The lowest BCUT2D eigenvalue weighted by molar-refractivity contribution is -0.157. The van der Waals surface area contributed by atoms with Gasteiger partial charge in [-0.05, 0) is 88.3 Å². The first kappa shape index (κ1) is 42.7. The predicted octanol–water partition coefficient (Wildman–Crippen LogP) is 6.07. The fourth-order valence-corrected chi connectivity index (χ4v) is 12.4. The molecule has 10 rings (SSSR count). The van der Waals surface area contributed by atoms with Crippen LogP contribution in [0, 0.1) is 25.2 Å². The van der Waals surface area contributed by atoms with Crippen molar-refractivity contribution in [2.75, 3.05) is 39.9 Å². The Labute approximate surface area is 369 Å². The SMILES string of the molecule is CCCC(=O)Oc1cc2c(cc1OC)[C@@]1(CS[C@@H]3c4c(O)c(C)c5c(c4[C@H](COC1=O)N1C3[C@@H]3c4c(cc(C)c(OC)c4O)C[C@@H]([C@@H]1C#N)N3C(=O)OC(C)(C)C)OCO5)NCC2. The van der Waals surface area contributed by atoms with Crippen molar-refractivity contribution >= 4 is 29.8 Å². The second-order valence-electron chi connectivity index (χ2n) is 17.9. The number of carbonyl (C=O) groups is 3. The fraction of sp³-hybridized carbons (Fsp3) is 0.522. The number of ether oxygens (including phenoxy) is 7. The number of nitriles is 1. The van der Waals surface area contributed by atoms with Gasteiger partial charge in [-0.25, -0.2) is 9.59 Å². The first-order valence-electron chi connectivity index (χ1n) is 21.3. The molecule has 7 atom stereocenters. The average molecular weight is 885 g/mol. The lowest BCUT2D eigenvalue weighted by Gasteiger charge is -2.62. The van der Waals surface area contributed by atoms with E-state index in [-0.39, 0.29) is 60.7 Å². The Bertz CT molecular complexity index is 2480. The fourth-order valence-electron chi connectivity index (χ4n) is 10.7. The lowest BCUT2D eigenvalue weighted by Crippen LogP contribution is -2.71. The third kappa shape index (κ3) is 6.50. The summed E-state index contributed by atoms with van der Waals surface area (Å²) in [4.78, 5) is 46.1. The molecule has 7 heterocycles. The largest absolute Gasteiger partial charge is 0.507 e. The van der Waals surface area contributed by atoms with Gasteiger partial charge in [-0.2, -0.15) is 5.26 Å². The number of carbonyl (C=O) groups excluding carboxylic acids is 3. The summed E-state index contributed by atoms with van der Waals surface area (Å²) in [6.07, 6.45) is 0.854. The average Bonchev–Trinajstić information content (AvgIpc) is 3.73. The van der Waals surface area contributed by atoms with E-state index >= 15 is 4.79 Å². The molecule has 7 aliphatic heterocycles. The van der Waals surface area contributed by atoms with Crippen LogP contribution in [0.4, 0.5) is 4.79 Å². The van der Waals surface area contributed by atoms with E-state index in [4.69, 9.17) is 33.2 Å². The number of fused-ring (bicyclic) bond motifs is 9. The first-order chi connectivity index (χ1) is 30.1. The number of nitrogens with one attached hydrogen (secondary N) is 1. The van der Waals surface area contributed by atoms with Gasteiger partial charge in [0.15, 0.2) is 40.0 Å². The summed E-state index contributed by atoms with van der Waals surface area (Å²) in [5, 5.41) is 38.8. The number of piperazine rings is 1.